The van der Waals surface area contributed by atoms with Gasteiger partial charge >= 0.3 is 5.97 Å². The zero-order chi connectivity index (χ0) is 20.8. The molecule has 0 aromatic heterocycles. The largest absolute Gasteiger partial charge is 0.481 e. The zero-order valence-corrected chi connectivity index (χ0v) is 19.0. The molecule has 0 radical (unpaired) electrons. The summed E-state index contributed by atoms with van der Waals surface area (Å²) in [6.45, 7) is 7.66. The fraction of sp³-hybridized carbons (Fsp3) is 0.962. The summed E-state index contributed by atoms with van der Waals surface area (Å²) in [4.78, 5) is 10.8. The molecule has 0 aromatic rings. The number of unbranched alkanes of at least 4 members (excludes halogenated alkanes) is 1. The Balaban J connectivity index is 1.42. The van der Waals surface area contributed by atoms with Gasteiger partial charge in [0.15, 0.2) is 0 Å². The number of aliphatic hydroxyl groups excluding tert-OH is 1. The Bertz CT molecular complexity index is 603. The van der Waals surface area contributed by atoms with E-state index in [4.69, 9.17) is 5.11 Å². The number of hydrogen-bond donors (Lipinski definition) is 2. The monoisotopic (exact) mass is 404 g/mol. The smallest absolute Gasteiger partial charge is 0.303 e. The van der Waals surface area contributed by atoms with Gasteiger partial charge in [-0.2, -0.15) is 0 Å². The number of carboxylic acid groups (broad SMARTS) is 1. The van der Waals surface area contributed by atoms with E-state index in [1.54, 1.807) is 0 Å². The minimum atomic E-state index is -0.650. The van der Waals surface area contributed by atoms with Crippen molar-refractivity contribution < 1.29 is 15.0 Å². The number of hydrogen-bond acceptors (Lipinski definition) is 2. The van der Waals surface area contributed by atoms with E-state index in [0.29, 0.717) is 17.3 Å². The number of aliphatic hydroxyl groups is 1. The van der Waals surface area contributed by atoms with Crippen molar-refractivity contribution in [2.75, 3.05) is 0 Å². The normalized spacial score (nSPS) is 47.7. The molecule has 4 aliphatic carbocycles. The van der Waals surface area contributed by atoms with E-state index < -0.39 is 5.97 Å². The second kappa shape index (κ2) is 8.17. The predicted molar refractivity (Wildman–Crippen MR) is 116 cm³/mol. The first-order chi connectivity index (χ1) is 13.8. The van der Waals surface area contributed by atoms with E-state index in [1.165, 1.54) is 51.4 Å². The summed E-state index contributed by atoms with van der Waals surface area (Å²) in [6.07, 6.45) is 15.1. The van der Waals surface area contributed by atoms with Gasteiger partial charge in [-0.05, 0) is 111 Å². The highest BCUT2D eigenvalue weighted by Gasteiger charge is 2.60. The lowest BCUT2D eigenvalue weighted by atomic mass is 9.44. The van der Waals surface area contributed by atoms with Crippen LogP contribution in [-0.4, -0.2) is 22.3 Å². The van der Waals surface area contributed by atoms with Gasteiger partial charge in [0.2, 0.25) is 0 Å². The lowest BCUT2D eigenvalue weighted by Gasteiger charge is -2.61. The molecule has 4 fully saturated rings. The third-order valence-electron chi connectivity index (χ3n) is 10.7. The fourth-order valence-corrected chi connectivity index (χ4v) is 9.15. The Morgan fingerprint density at radius 3 is 2.45 bits per heavy atom. The Labute approximate surface area is 178 Å². The summed E-state index contributed by atoms with van der Waals surface area (Å²) in [7, 11) is 0. The Hall–Kier alpha value is -0.570. The summed E-state index contributed by atoms with van der Waals surface area (Å²) >= 11 is 0. The number of aliphatic carboxylic acids is 1. The van der Waals surface area contributed by atoms with Crippen LogP contribution in [0.4, 0.5) is 0 Å². The highest BCUT2D eigenvalue weighted by molar-refractivity contribution is 5.66. The molecule has 4 rings (SSSR count). The topological polar surface area (TPSA) is 57.5 Å². The molecule has 4 aliphatic rings. The second-order valence-corrected chi connectivity index (χ2v) is 11.9. The highest BCUT2D eigenvalue weighted by atomic mass is 16.4. The lowest BCUT2D eigenvalue weighted by Crippen LogP contribution is -2.54. The van der Waals surface area contributed by atoms with Crippen LogP contribution in [0, 0.1) is 46.3 Å². The molecule has 0 bridgehead atoms. The van der Waals surface area contributed by atoms with E-state index in [1.807, 2.05) is 0 Å². The Morgan fingerprint density at radius 1 is 0.966 bits per heavy atom. The van der Waals surface area contributed by atoms with Crippen LogP contribution in [-0.2, 0) is 4.79 Å². The van der Waals surface area contributed by atoms with Gasteiger partial charge in [0.25, 0.3) is 0 Å². The van der Waals surface area contributed by atoms with Crippen molar-refractivity contribution in [1.29, 1.82) is 0 Å². The van der Waals surface area contributed by atoms with Crippen molar-refractivity contribution in [3.05, 3.63) is 0 Å². The molecular weight excluding hydrogens is 360 g/mol. The molecule has 3 heteroatoms. The molecular formula is C26H44O3. The standard InChI is InChI=1S/C26H44O3/c1-17(6-4-5-7-24(28)29)21-10-11-22-20-9-8-18-16-19(27)12-14-25(18,2)23(20)13-15-26(21,22)3/h17-23,27H,4-16H2,1-3H3,(H,28,29)/t17?,18-,19-,20+,21-,22+,23+,25+,26-/m1/s1. The summed E-state index contributed by atoms with van der Waals surface area (Å²) in [6, 6.07) is 0. The molecule has 0 heterocycles. The van der Waals surface area contributed by atoms with Gasteiger partial charge in [-0.3, -0.25) is 4.79 Å². The lowest BCUT2D eigenvalue weighted by molar-refractivity contribution is -0.137. The molecule has 0 saturated heterocycles. The van der Waals surface area contributed by atoms with Gasteiger partial charge in [0, 0.05) is 6.42 Å². The number of rotatable bonds is 6. The molecule has 0 amide bonds. The van der Waals surface area contributed by atoms with Crippen LogP contribution in [0.15, 0.2) is 0 Å². The van der Waals surface area contributed by atoms with E-state index in [9.17, 15) is 9.90 Å². The van der Waals surface area contributed by atoms with Crippen LogP contribution in [0.2, 0.25) is 0 Å². The van der Waals surface area contributed by atoms with Gasteiger partial charge in [0.1, 0.15) is 0 Å². The van der Waals surface area contributed by atoms with E-state index in [-0.39, 0.29) is 6.10 Å². The Morgan fingerprint density at radius 2 is 1.69 bits per heavy atom. The molecule has 166 valence electrons. The molecule has 3 nitrogen and oxygen atoms in total. The molecule has 1 unspecified atom stereocenters. The van der Waals surface area contributed by atoms with Crippen molar-refractivity contribution >= 4 is 5.97 Å². The highest BCUT2D eigenvalue weighted by Crippen LogP contribution is 2.68. The second-order valence-electron chi connectivity index (χ2n) is 11.9. The van der Waals surface area contributed by atoms with Crippen LogP contribution < -0.4 is 0 Å². The predicted octanol–water partition coefficient (Wildman–Crippen LogP) is 6.29. The number of fused-ring (bicyclic) bond motifs is 5. The molecule has 9 atom stereocenters. The van der Waals surface area contributed by atoms with E-state index in [0.717, 1.165) is 61.2 Å². The third kappa shape index (κ3) is 3.79. The first-order valence-corrected chi connectivity index (χ1v) is 12.7. The number of carboxylic acids is 1. The van der Waals surface area contributed by atoms with Crippen LogP contribution in [0.1, 0.15) is 104 Å². The quantitative estimate of drug-likeness (QED) is 0.512. The van der Waals surface area contributed by atoms with Gasteiger partial charge in [-0.15, -0.1) is 0 Å². The van der Waals surface area contributed by atoms with Crippen molar-refractivity contribution in [2.24, 2.45) is 46.3 Å². The zero-order valence-electron chi connectivity index (χ0n) is 19.0. The SMILES string of the molecule is CC(CCCCC(=O)O)[C@H]1CC[C@H]2[C@@H]3CC[C@@H]4C[C@H](O)CC[C@]4(C)[C@H]3CC[C@]12C. The summed E-state index contributed by atoms with van der Waals surface area (Å²) in [5.41, 5.74) is 0.981. The maximum Gasteiger partial charge on any atom is 0.303 e. The molecule has 0 spiro atoms. The molecule has 0 aromatic carbocycles. The van der Waals surface area contributed by atoms with Crippen LogP contribution in [0.5, 0.6) is 0 Å². The minimum absolute atomic E-state index is 0.0451. The summed E-state index contributed by atoms with van der Waals surface area (Å²) in [5, 5.41) is 19.1. The van der Waals surface area contributed by atoms with Crippen LogP contribution in [0.25, 0.3) is 0 Å². The third-order valence-corrected chi connectivity index (χ3v) is 10.7. The van der Waals surface area contributed by atoms with Gasteiger partial charge < -0.3 is 10.2 Å². The maximum atomic E-state index is 10.8. The Kier molecular flexibility index (Phi) is 6.10. The van der Waals surface area contributed by atoms with Crippen molar-refractivity contribution in [3.8, 4) is 0 Å². The first kappa shape index (κ1) is 21.7. The summed E-state index contributed by atoms with van der Waals surface area (Å²) < 4.78 is 0. The first-order valence-electron chi connectivity index (χ1n) is 12.7. The van der Waals surface area contributed by atoms with Crippen LogP contribution >= 0.6 is 0 Å². The molecule has 4 saturated carbocycles. The van der Waals surface area contributed by atoms with Crippen molar-refractivity contribution in [3.63, 3.8) is 0 Å². The average molecular weight is 405 g/mol. The molecule has 29 heavy (non-hydrogen) atoms. The maximum absolute atomic E-state index is 10.8. The summed E-state index contributed by atoms with van der Waals surface area (Å²) in [5.74, 6) is 4.36. The van der Waals surface area contributed by atoms with Gasteiger partial charge in [-0.1, -0.05) is 33.6 Å². The van der Waals surface area contributed by atoms with Crippen molar-refractivity contribution in [1.82, 2.24) is 0 Å². The van der Waals surface area contributed by atoms with Crippen molar-refractivity contribution in [2.45, 2.75) is 110 Å². The minimum Gasteiger partial charge on any atom is -0.481 e. The van der Waals surface area contributed by atoms with E-state index >= 15 is 0 Å². The fourth-order valence-electron chi connectivity index (χ4n) is 9.15. The van der Waals surface area contributed by atoms with Crippen LogP contribution in [0.3, 0.4) is 0 Å². The average Bonchev–Trinajstić information content (AvgIpc) is 3.03. The van der Waals surface area contributed by atoms with E-state index in [2.05, 4.69) is 20.8 Å². The molecule has 0 aliphatic heterocycles. The molecule has 2 N–H and O–H groups in total. The van der Waals surface area contributed by atoms with Gasteiger partial charge in [0.05, 0.1) is 6.10 Å². The number of carbonyl (C=O) groups is 1. The van der Waals surface area contributed by atoms with Gasteiger partial charge in [-0.25, -0.2) is 0 Å².